The van der Waals surface area contributed by atoms with E-state index in [-0.39, 0.29) is 11.7 Å². The van der Waals surface area contributed by atoms with Crippen LogP contribution in [0.1, 0.15) is 22.4 Å². The molecule has 1 aliphatic rings. The van der Waals surface area contributed by atoms with Crippen LogP contribution in [0.4, 0.5) is 5.00 Å². The fraction of sp³-hybridized carbons (Fsp3) is 0.250. The second-order valence-corrected chi connectivity index (χ2v) is 8.08. The molecule has 3 aromatic rings. The van der Waals surface area contributed by atoms with Crippen LogP contribution in [0.15, 0.2) is 17.4 Å². The number of aromatic amines is 1. The van der Waals surface area contributed by atoms with Crippen molar-refractivity contribution in [3.05, 3.63) is 33.3 Å². The van der Waals surface area contributed by atoms with Crippen molar-refractivity contribution in [3.8, 4) is 6.07 Å². The van der Waals surface area contributed by atoms with Gasteiger partial charge in [-0.2, -0.15) is 5.26 Å². The van der Waals surface area contributed by atoms with Crippen LogP contribution in [0.5, 0.6) is 0 Å². The SMILES string of the molecule is N#Cc1c(NC(=O)CSc2nc3ncc(Cl)cc3[nH]2)sc2c1CCC2. The van der Waals surface area contributed by atoms with Gasteiger partial charge in [-0.05, 0) is 30.9 Å². The maximum atomic E-state index is 12.2. The summed E-state index contributed by atoms with van der Waals surface area (Å²) in [6.07, 6.45) is 4.54. The van der Waals surface area contributed by atoms with Gasteiger partial charge >= 0.3 is 0 Å². The molecule has 0 fully saturated rings. The second kappa shape index (κ2) is 6.67. The third-order valence-electron chi connectivity index (χ3n) is 3.91. The average Bonchev–Trinajstić information content (AvgIpc) is 3.26. The normalized spacial score (nSPS) is 13.0. The van der Waals surface area contributed by atoms with E-state index < -0.39 is 0 Å². The largest absolute Gasteiger partial charge is 0.331 e. The number of aryl methyl sites for hydroxylation is 1. The summed E-state index contributed by atoms with van der Waals surface area (Å²) in [5, 5.41) is 14.0. The molecule has 0 saturated heterocycles. The first kappa shape index (κ1) is 16.4. The van der Waals surface area contributed by atoms with Crippen LogP contribution in [0.25, 0.3) is 11.2 Å². The molecule has 126 valence electrons. The molecule has 1 aliphatic carbocycles. The lowest BCUT2D eigenvalue weighted by Gasteiger charge is -2.02. The Morgan fingerprint density at radius 3 is 3.24 bits per heavy atom. The maximum Gasteiger partial charge on any atom is 0.235 e. The first-order valence-electron chi connectivity index (χ1n) is 7.62. The monoisotopic (exact) mass is 389 g/mol. The van der Waals surface area contributed by atoms with Gasteiger partial charge in [0.25, 0.3) is 0 Å². The van der Waals surface area contributed by atoms with Crippen LogP contribution < -0.4 is 5.32 Å². The van der Waals surface area contributed by atoms with E-state index >= 15 is 0 Å². The van der Waals surface area contributed by atoms with E-state index in [2.05, 4.69) is 26.3 Å². The number of nitrogens with zero attached hydrogens (tertiary/aromatic N) is 3. The molecule has 4 rings (SSSR count). The van der Waals surface area contributed by atoms with Crippen molar-refractivity contribution in [3.63, 3.8) is 0 Å². The van der Waals surface area contributed by atoms with Gasteiger partial charge in [0.05, 0.1) is 21.9 Å². The molecule has 0 saturated carbocycles. The third-order valence-corrected chi connectivity index (χ3v) is 6.20. The van der Waals surface area contributed by atoms with Crippen molar-refractivity contribution >= 4 is 56.8 Å². The minimum Gasteiger partial charge on any atom is -0.331 e. The molecule has 0 unspecified atom stereocenters. The summed E-state index contributed by atoms with van der Waals surface area (Å²) in [7, 11) is 0. The van der Waals surface area contributed by atoms with Gasteiger partial charge in [0, 0.05) is 11.1 Å². The van der Waals surface area contributed by atoms with E-state index in [1.807, 2.05) is 0 Å². The Labute approximate surface area is 156 Å². The van der Waals surface area contributed by atoms with Gasteiger partial charge in [0.1, 0.15) is 11.1 Å². The van der Waals surface area contributed by atoms with Gasteiger partial charge in [0.15, 0.2) is 10.8 Å². The number of nitriles is 1. The average molecular weight is 390 g/mol. The molecule has 2 N–H and O–H groups in total. The number of thiophene rings is 1. The van der Waals surface area contributed by atoms with Crippen LogP contribution >= 0.6 is 34.7 Å². The zero-order valence-corrected chi connectivity index (χ0v) is 15.3. The summed E-state index contributed by atoms with van der Waals surface area (Å²) < 4.78 is 0. The number of amides is 1. The quantitative estimate of drug-likeness (QED) is 0.662. The van der Waals surface area contributed by atoms with Gasteiger partial charge in [0.2, 0.25) is 5.91 Å². The summed E-state index contributed by atoms with van der Waals surface area (Å²) in [6, 6.07) is 3.97. The molecule has 6 nitrogen and oxygen atoms in total. The predicted molar refractivity (Wildman–Crippen MR) is 99.3 cm³/mol. The van der Waals surface area contributed by atoms with Gasteiger partial charge < -0.3 is 10.3 Å². The van der Waals surface area contributed by atoms with Crippen LogP contribution in [0.2, 0.25) is 5.02 Å². The Balaban J connectivity index is 1.43. The lowest BCUT2D eigenvalue weighted by atomic mass is 10.1. The summed E-state index contributed by atoms with van der Waals surface area (Å²) in [5.74, 6) is 0.0360. The number of pyridine rings is 1. The number of imidazole rings is 1. The number of fused-ring (bicyclic) bond motifs is 2. The Bertz CT molecular complexity index is 1020. The van der Waals surface area contributed by atoms with Crippen LogP contribution in [0, 0.1) is 11.3 Å². The molecule has 25 heavy (non-hydrogen) atoms. The number of thioether (sulfide) groups is 1. The van der Waals surface area contributed by atoms with Gasteiger partial charge in [-0.3, -0.25) is 4.79 Å². The summed E-state index contributed by atoms with van der Waals surface area (Å²) in [5.41, 5.74) is 3.03. The van der Waals surface area contributed by atoms with Crippen molar-refractivity contribution in [1.82, 2.24) is 15.0 Å². The summed E-state index contributed by atoms with van der Waals surface area (Å²) in [6.45, 7) is 0. The lowest BCUT2D eigenvalue weighted by molar-refractivity contribution is -0.113. The highest BCUT2D eigenvalue weighted by molar-refractivity contribution is 7.99. The number of hydrogen-bond acceptors (Lipinski definition) is 6. The van der Waals surface area contributed by atoms with Crippen LogP contribution in [0.3, 0.4) is 0 Å². The number of carbonyl (C=O) groups excluding carboxylic acids is 1. The zero-order valence-electron chi connectivity index (χ0n) is 12.9. The molecular formula is C16H12ClN5OS2. The van der Waals surface area contributed by atoms with Crippen molar-refractivity contribution in [2.45, 2.75) is 24.4 Å². The molecule has 3 aromatic heterocycles. The molecule has 3 heterocycles. The van der Waals surface area contributed by atoms with Crippen LogP contribution in [-0.2, 0) is 17.6 Å². The molecule has 0 radical (unpaired) electrons. The number of hydrogen-bond donors (Lipinski definition) is 2. The summed E-state index contributed by atoms with van der Waals surface area (Å²) >= 11 is 8.70. The summed E-state index contributed by atoms with van der Waals surface area (Å²) in [4.78, 5) is 25.0. The smallest absolute Gasteiger partial charge is 0.235 e. The van der Waals surface area contributed by atoms with E-state index in [0.29, 0.717) is 26.4 Å². The molecular weight excluding hydrogens is 378 g/mol. The number of nitrogens with one attached hydrogen (secondary N) is 2. The first-order valence-corrected chi connectivity index (χ1v) is 9.80. The first-order chi connectivity index (χ1) is 12.1. The van der Waals surface area contributed by atoms with Crippen molar-refractivity contribution in [1.29, 1.82) is 5.26 Å². The Hall–Kier alpha value is -2.08. The number of carbonyl (C=O) groups is 1. The van der Waals surface area contributed by atoms with Crippen molar-refractivity contribution in [2.24, 2.45) is 0 Å². The van der Waals surface area contributed by atoms with Crippen molar-refractivity contribution < 1.29 is 4.79 Å². The number of aromatic nitrogens is 3. The highest BCUT2D eigenvalue weighted by atomic mass is 35.5. The van der Waals surface area contributed by atoms with E-state index in [1.165, 1.54) is 34.2 Å². The number of anilines is 1. The maximum absolute atomic E-state index is 12.2. The Morgan fingerprint density at radius 2 is 2.40 bits per heavy atom. The molecule has 9 heteroatoms. The topological polar surface area (TPSA) is 94.5 Å². The minimum absolute atomic E-state index is 0.159. The minimum atomic E-state index is -0.159. The highest BCUT2D eigenvalue weighted by Gasteiger charge is 2.23. The standard InChI is InChI=1S/C16H12ClN5OS2/c17-8-4-11-14(19-6-8)22-16(20-11)24-7-13(23)21-15-10(5-18)9-2-1-3-12(9)25-15/h4,6H,1-3,7H2,(H,21,23)(H,19,20,22). The molecule has 1 amide bonds. The number of H-pyrrole nitrogens is 1. The third kappa shape index (κ3) is 3.23. The Morgan fingerprint density at radius 1 is 1.52 bits per heavy atom. The van der Waals surface area contributed by atoms with E-state index in [1.54, 1.807) is 6.07 Å². The number of rotatable bonds is 4. The van der Waals surface area contributed by atoms with E-state index in [9.17, 15) is 10.1 Å². The Kier molecular flexibility index (Phi) is 4.37. The van der Waals surface area contributed by atoms with Gasteiger partial charge in [-0.1, -0.05) is 23.4 Å². The molecule has 0 atom stereocenters. The van der Waals surface area contributed by atoms with Gasteiger partial charge in [-0.15, -0.1) is 11.3 Å². The van der Waals surface area contributed by atoms with Crippen LogP contribution in [-0.4, -0.2) is 26.6 Å². The lowest BCUT2D eigenvalue weighted by Crippen LogP contribution is -2.14. The van der Waals surface area contributed by atoms with Crippen molar-refractivity contribution in [2.75, 3.05) is 11.1 Å². The number of halogens is 1. The molecule has 0 aliphatic heterocycles. The van der Waals surface area contributed by atoms with Gasteiger partial charge in [-0.25, -0.2) is 9.97 Å². The zero-order chi connectivity index (χ0) is 17.4. The fourth-order valence-electron chi connectivity index (χ4n) is 2.83. The molecule has 0 bridgehead atoms. The second-order valence-electron chi connectivity index (χ2n) is 5.58. The predicted octanol–water partition coefficient (Wildman–Crippen LogP) is 3.76. The van der Waals surface area contributed by atoms with E-state index in [4.69, 9.17) is 11.6 Å². The molecule has 0 aromatic carbocycles. The van der Waals surface area contributed by atoms with E-state index in [0.717, 1.165) is 30.3 Å². The highest BCUT2D eigenvalue weighted by Crippen LogP contribution is 2.38. The molecule has 0 spiro atoms. The fourth-order valence-corrected chi connectivity index (χ4v) is 4.91.